The molecule has 0 bridgehead atoms. The van der Waals surface area contributed by atoms with Gasteiger partial charge in [0.05, 0.1) is 18.1 Å². The van der Waals surface area contributed by atoms with Gasteiger partial charge in [-0.3, -0.25) is 0 Å². The molecule has 3 nitrogen and oxygen atoms in total. The second-order valence-corrected chi connectivity index (χ2v) is 10.7. The van der Waals surface area contributed by atoms with E-state index < -0.39 is 11.6 Å². The zero-order valence-corrected chi connectivity index (χ0v) is 21.8. The van der Waals surface area contributed by atoms with Gasteiger partial charge < -0.3 is 9.67 Å². The fourth-order valence-electron chi connectivity index (χ4n) is 5.16. The molecule has 5 aromatic rings. The summed E-state index contributed by atoms with van der Waals surface area (Å²) in [4.78, 5) is 4.78. The zero-order valence-electron chi connectivity index (χ0n) is 21.8. The molecule has 0 saturated carbocycles. The highest BCUT2D eigenvalue weighted by atomic mass is 16.3. The second kappa shape index (κ2) is 10.2. The molecule has 4 aromatic carbocycles. The molecule has 3 heteroatoms. The summed E-state index contributed by atoms with van der Waals surface area (Å²) in [5.74, 6) is 0. The van der Waals surface area contributed by atoms with Crippen LogP contribution in [0, 0.1) is 0 Å². The molecule has 0 aliphatic carbocycles. The summed E-state index contributed by atoms with van der Waals surface area (Å²) in [6, 6.07) is 40.0. The Hall–Kier alpha value is -3.95. The highest BCUT2D eigenvalue weighted by Gasteiger charge is 2.38. The Bertz CT molecular complexity index is 1320. The van der Waals surface area contributed by atoms with E-state index in [1.54, 1.807) is 0 Å². The van der Waals surface area contributed by atoms with Crippen molar-refractivity contribution in [2.45, 2.75) is 44.2 Å². The summed E-state index contributed by atoms with van der Waals surface area (Å²) in [7, 11) is 0. The van der Waals surface area contributed by atoms with Crippen molar-refractivity contribution < 1.29 is 5.11 Å². The molecule has 5 rings (SSSR count). The number of nitrogens with zero attached hydrogens (tertiary/aromatic N) is 2. The van der Waals surface area contributed by atoms with Crippen LogP contribution in [0.25, 0.3) is 0 Å². The third-order valence-corrected chi connectivity index (χ3v) is 7.16. The molecule has 0 unspecified atom stereocenters. The van der Waals surface area contributed by atoms with Gasteiger partial charge in [-0.15, -0.1) is 0 Å². The lowest BCUT2D eigenvalue weighted by molar-refractivity contribution is 0.177. The third-order valence-electron chi connectivity index (χ3n) is 7.16. The number of hydrogen-bond acceptors (Lipinski definition) is 2. The Morgan fingerprint density at radius 3 is 1.54 bits per heavy atom. The molecule has 0 aliphatic rings. The van der Waals surface area contributed by atoms with Crippen LogP contribution in [-0.2, 0) is 17.4 Å². The predicted molar refractivity (Wildman–Crippen MR) is 151 cm³/mol. The van der Waals surface area contributed by atoms with Gasteiger partial charge in [-0.1, -0.05) is 136 Å². The molecule has 1 N–H and O–H groups in total. The molecule has 0 amide bonds. The van der Waals surface area contributed by atoms with Crippen LogP contribution in [0.2, 0.25) is 0 Å². The van der Waals surface area contributed by atoms with Crippen LogP contribution in [0.3, 0.4) is 0 Å². The average Bonchev–Trinajstić information content (AvgIpc) is 3.39. The minimum Gasteiger partial charge on any atom is -0.388 e. The molecular weight excluding hydrogens is 452 g/mol. The number of hydrogen-bond donors (Lipinski definition) is 1. The summed E-state index contributed by atoms with van der Waals surface area (Å²) < 4.78 is 2.19. The highest BCUT2D eigenvalue weighted by molar-refractivity contribution is 5.50. The number of aliphatic hydroxyl groups excluding tert-OH is 1. The van der Waals surface area contributed by atoms with Crippen molar-refractivity contribution in [2.75, 3.05) is 0 Å². The van der Waals surface area contributed by atoms with Crippen molar-refractivity contribution in [1.29, 1.82) is 0 Å². The van der Waals surface area contributed by atoms with E-state index in [2.05, 4.69) is 116 Å². The van der Waals surface area contributed by atoms with Crippen LogP contribution in [0.4, 0.5) is 0 Å². The first-order chi connectivity index (χ1) is 17.9. The molecule has 186 valence electrons. The van der Waals surface area contributed by atoms with Gasteiger partial charge in [0.15, 0.2) is 0 Å². The Morgan fingerprint density at radius 1 is 0.649 bits per heavy atom. The maximum atomic E-state index is 11.1. The monoisotopic (exact) mass is 486 g/mol. The Kier molecular flexibility index (Phi) is 6.82. The highest BCUT2D eigenvalue weighted by Crippen LogP contribution is 2.41. The quantitative estimate of drug-likeness (QED) is 0.245. The maximum absolute atomic E-state index is 11.1. The van der Waals surface area contributed by atoms with Gasteiger partial charge >= 0.3 is 0 Å². The molecule has 1 atom stereocenters. The molecule has 0 fully saturated rings. The fraction of sp³-hybridized carbons (Fsp3) is 0.206. The van der Waals surface area contributed by atoms with Gasteiger partial charge in [0.1, 0.15) is 5.54 Å². The molecule has 1 heterocycles. The Labute approximate surface area is 220 Å². The molecule has 0 radical (unpaired) electrons. The molecular formula is C34H34N2O. The van der Waals surface area contributed by atoms with Gasteiger partial charge in [-0.25, -0.2) is 4.98 Å². The minimum absolute atomic E-state index is 0.0813. The number of imidazole rings is 1. The van der Waals surface area contributed by atoms with E-state index in [4.69, 9.17) is 4.98 Å². The summed E-state index contributed by atoms with van der Waals surface area (Å²) >= 11 is 0. The lowest BCUT2D eigenvalue weighted by atomic mass is 9.77. The maximum Gasteiger partial charge on any atom is 0.121 e. The number of aromatic nitrogens is 2. The minimum atomic E-state index is -0.628. The van der Waals surface area contributed by atoms with Gasteiger partial charge in [0, 0.05) is 12.6 Å². The third kappa shape index (κ3) is 4.87. The number of aliphatic hydroxyl groups is 1. The second-order valence-electron chi connectivity index (χ2n) is 10.7. The van der Waals surface area contributed by atoms with E-state index in [-0.39, 0.29) is 5.41 Å². The van der Waals surface area contributed by atoms with E-state index in [1.807, 2.05) is 36.7 Å². The van der Waals surface area contributed by atoms with Crippen LogP contribution in [0.15, 0.2) is 128 Å². The van der Waals surface area contributed by atoms with E-state index in [0.717, 1.165) is 27.9 Å². The molecule has 0 saturated heterocycles. The zero-order chi connectivity index (χ0) is 25.9. The Morgan fingerprint density at radius 2 is 1.11 bits per heavy atom. The van der Waals surface area contributed by atoms with Gasteiger partial charge in [0.25, 0.3) is 0 Å². The molecule has 0 spiro atoms. The fourth-order valence-corrected chi connectivity index (χ4v) is 5.16. The van der Waals surface area contributed by atoms with Crippen LogP contribution >= 0.6 is 0 Å². The van der Waals surface area contributed by atoms with Crippen LogP contribution in [-0.4, -0.2) is 14.7 Å². The molecule has 37 heavy (non-hydrogen) atoms. The topological polar surface area (TPSA) is 38.0 Å². The van der Waals surface area contributed by atoms with E-state index in [0.29, 0.717) is 6.42 Å². The van der Waals surface area contributed by atoms with Crippen molar-refractivity contribution in [1.82, 2.24) is 9.55 Å². The van der Waals surface area contributed by atoms with Gasteiger partial charge in [0.2, 0.25) is 0 Å². The lowest BCUT2D eigenvalue weighted by Gasteiger charge is -2.37. The van der Waals surface area contributed by atoms with Crippen molar-refractivity contribution in [3.8, 4) is 0 Å². The molecule has 0 aliphatic heterocycles. The SMILES string of the molecule is CC(C)(C)c1ccc([C@@H](O)Cc2cn(C(c3ccccc3)(c3ccccc3)c3ccccc3)cn2)cc1. The first-order valence-corrected chi connectivity index (χ1v) is 12.9. The Balaban J connectivity index is 1.56. The van der Waals surface area contributed by atoms with Crippen molar-refractivity contribution in [3.05, 3.63) is 161 Å². The predicted octanol–water partition coefficient (Wildman–Crippen LogP) is 7.30. The smallest absolute Gasteiger partial charge is 0.121 e. The number of benzene rings is 4. The summed E-state index contributed by atoms with van der Waals surface area (Å²) in [5, 5.41) is 11.1. The van der Waals surface area contributed by atoms with Crippen molar-refractivity contribution in [2.24, 2.45) is 0 Å². The van der Waals surface area contributed by atoms with Crippen LogP contribution in [0.5, 0.6) is 0 Å². The normalized spacial score (nSPS) is 12.9. The largest absolute Gasteiger partial charge is 0.388 e. The number of rotatable bonds is 7. The first-order valence-electron chi connectivity index (χ1n) is 12.9. The summed E-state index contributed by atoms with van der Waals surface area (Å²) in [5.41, 5.74) is 5.93. The van der Waals surface area contributed by atoms with Crippen LogP contribution < -0.4 is 0 Å². The summed E-state index contributed by atoms with van der Waals surface area (Å²) in [6.07, 6.45) is 3.80. The van der Waals surface area contributed by atoms with E-state index >= 15 is 0 Å². The van der Waals surface area contributed by atoms with E-state index in [1.165, 1.54) is 5.56 Å². The van der Waals surface area contributed by atoms with Crippen molar-refractivity contribution in [3.63, 3.8) is 0 Å². The summed E-state index contributed by atoms with van der Waals surface area (Å²) in [6.45, 7) is 6.59. The van der Waals surface area contributed by atoms with Gasteiger partial charge in [-0.05, 0) is 33.2 Å². The van der Waals surface area contributed by atoms with E-state index in [9.17, 15) is 5.11 Å². The average molecular weight is 487 g/mol. The molecule has 1 aromatic heterocycles. The lowest BCUT2D eigenvalue weighted by Crippen LogP contribution is -2.36. The van der Waals surface area contributed by atoms with Crippen LogP contribution in [0.1, 0.15) is 60.4 Å². The van der Waals surface area contributed by atoms with Gasteiger partial charge in [-0.2, -0.15) is 0 Å². The van der Waals surface area contributed by atoms with Crippen molar-refractivity contribution >= 4 is 0 Å². The first kappa shape index (κ1) is 24.7. The standard InChI is InChI=1S/C34H34N2O/c1-33(2,3)27-21-19-26(20-22-27)32(37)23-31-24-36(25-35-31)34(28-13-7-4-8-14-28,29-15-9-5-10-16-29)30-17-11-6-12-18-30/h4-22,24-25,32,37H,23H2,1-3H3/t32-/m0/s1.